The van der Waals surface area contributed by atoms with Gasteiger partial charge in [0.25, 0.3) is 0 Å². The van der Waals surface area contributed by atoms with Crippen LogP contribution in [0.2, 0.25) is 0 Å². The first-order chi connectivity index (χ1) is 9.95. The minimum absolute atomic E-state index is 0.208. The van der Waals surface area contributed by atoms with E-state index in [-0.39, 0.29) is 17.2 Å². The molecule has 0 N–H and O–H groups in total. The van der Waals surface area contributed by atoms with Gasteiger partial charge in [0.1, 0.15) is 11.6 Å². The third-order valence-corrected chi connectivity index (χ3v) is 5.17. The quantitative estimate of drug-likeness (QED) is 0.446. The molecule has 2 aromatic rings. The lowest BCUT2D eigenvalue weighted by molar-refractivity contribution is 0.524. The summed E-state index contributed by atoms with van der Waals surface area (Å²) < 4.78 is 16.4. The molecule has 116 valence electrons. The molecule has 0 bridgehead atoms. The van der Waals surface area contributed by atoms with Crippen LogP contribution < -0.4 is 0 Å². The molecule has 0 radical (unpaired) electrons. The lowest BCUT2D eigenvalue weighted by atomic mass is 10.2. The van der Waals surface area contributed by atoms with Gasteiger partial charge in [-0.15, -0.1) is 11.6 Å². The van der Waals surface area contributed by atoms with Crippen LogP contribution in [0.4, 0.5) is 4.39 Å². The molecule has 0 saturated carbocycles. The SMILES string of the molecule is CCSCCC(C)n1c(C(C)Cl)nc2cc(Br)c(F)cc21. The number of nitrogens with zero attached hydrogens (tertiary/aromatic N) is 2. The molecular formula is C15H19BrClFN2S. The van der Waals surface area contributed by atoms with E-state index in [1.807, 2.05) is 18.7 Å². The van der Waals surface area contributed by atoms with Crippen LogP contribution in [0.1, 0.15) is 44.4 Å². The molecule has 0 fully saturated rings. The van der Waals surface area contributed by atoms with Crippen molar-refractivity contribution in [2.24, 2.45) is 0 Å². The molecule has 1 aromatic carbocycles. The first-order valence-electron chi connectivity index (χ1n) is 7.04. The van der Waals surface area contributed by atoms with Crippen LogP contribution in [0.25, 0.3) is 11.0 Å². The number of benzene rings is 1. The van der Waals surface area contributed by atoms with Crippen LogP contribution in [-0.2, 0) is 0 Å². The molecule has 0 aliphatic heterocycles. The standard InChI is InChI=1S/C15H19BrClFN2S/c1-4-21-6-5-9(2)20-14-8-12(18)11(16)7-13(14)19-15(20)10(3)17/h7-10H,4-6H2,1-3H3. The number of halogens is 3. The van der Waals surface area contributed by atoms with Gasteiger partial charge in [-0.1, -0.05) is 6.92 Å². The van der Waals surface area contributed by atoms with Crippen molar-refractivity contribution in [1.29, 1.82) is 0 Å². The van der Waals surface area contributed by atoms with Crippen LogP contribution in [-0.4, -0.2) is 21.1 Å². The van der Waals surface area contributed by atoms with E-state index in [2.05, 4.69) is 39.3 Å². The Morgan fingerprint density at radius 2 is 2.14 bits per heavy atom. The first-order valence-corrected chi connectivity index (χ1v) is 9.42. The van der Waals surface area contributed by atoms with Crippen LogP contribution in [0.3, 0.4) is 0 Å². The molecule has 2 unspecified atom stereocenters. The zero-order chi connectivity index (χ0) is 15.6. The van der Waals surface area contributed by atoms with E-state index in [0.717, 1.165) is 34.8 Å². The summed E-state index contributed by atoms with van der Waals surface area (Å²) in [7, 11) is 0. The van der Waals surface area contributed by atoms with Gasteiger partial charge in [0.15, 0.2) is 0 Å². The molecular weight excluding hydrogens is 375 g/mol. The van der Waals surface area contributed by atoms with E-state index in [0.29, 0.717) is 4.47 Å². The Bertz CT molecular complexity index is 630. The van der Waals surface area contributed by atoms with Gasteiger partial charge in [-0.2, -0.15) is 11.8 Å². The largest absolute Gasteiger partial charge is 0.324 e. The molecule has 6 heteroatoms. The zero-order valence-electron chi connectivity index (χ0n) is 12.4. The lowest BCUT2D eigenvalue weighted by Gasteiger charge is -2.18. The Labute approximate surface area is 142 Å². The maximum absolute atomic E-state index is 13.9. The highest BCUT2D eigenvalue weighted by molar-refractivity contribution is 9.10. The van der Waals surface area contributed by atoms with Gasteiger partial charge in [0.2, 0.25) is 0 Å². The van der Waals surface area contributed by atoms with E-state index in [1.165, 1.54) is 0 Å². The molecule has 2 atom stereocenters. The third kappa shape index (κ3) is 3.74. The van der Waals surface area contributed by atoms with Gasteiger partial charge in [0, 0.05) is 12.1 Å². The molecule has 0 amide bonds. The topological polar surface area (TPSA) is 17.8 Å². The van der Waals surface area contributed by atoms with Crippen molar-refractivity contribution in [2.45, 2.75) is 38.6 Å². The average Bonchev–Trinajstić information content (AvgIpc) is 2.78. The summed E-state index contributed by atoms with van der Waals surface area (Å²) >= 11 is 11.4. The highest BCUT2D eigenvalue weighted by Crippen LogP contribution is 2.32. The van der Waals surface area contributed by atoms with Crippen LogP contribution >= 0.6 is 39.3 Å². The number of alkyl halides is 1. The van der Waals surface area contributed by atoms with Crippen molar-refractivity contribution in [3.05, 3.63) is 28.2 Å². The van der Waals surface area contributed by atoms with Crippen molar-refractivity contribution < 1.29 is 4.39 Å². The second-order valence-corrected chi connectivity index (χ2v) is 7.95. The molecule has 0 saturated heterocycles. The third-order valence-electron chi connectivity index (χ3n) is 3.44. The predicted molar refractivity (Wildman–Crippen MR) is 94.0 cm³/mol. The van der Waals surface area contributed by atoms with E-state index in [9.17, 15) is 4.39 Å². The molecule has 1 heterocycles. The summed E-state index contributed by atoms with van der Waals surface area (Å²) in [6, 6.07) is 3.50. The number of aromatic nitrogens is 2. The first kappa shape index (κ1) is 17.1. The van der Waals surface area contributed by atoms with Gasteiger partial charge in [-0.3, -0.25) is 0 Å². The second-order valence-electron chi connectivity index (χ2n) is 5.05. The molecule has 1 aromatic heterocycles. The molecule has 0 aliphatic rings. The fraction of sp³-hybridized carbons (Fsp3) is 0.533. The zero-order valence-corrected chi connectivity index (χ0v) is 15.5. The Hall–Kier alpha value is -0.260. The van der Waals surface area contributed by atoms with Gasteiger partial charge >= 0.3 is 0 Å². The number of rotatable bonds is 6. The van der Waals surface area contributed by atoms with E-state index in [1.54, 1.807) is 12.1 Å². The number of hydrogen-bond donors (Lipinski definition) is 0. The number of thioether (sulfide) groups is 1. The van der Waals surface area contributed by atoms with E-state index >= 15 is 0 Å². The minimum Gasteiger partial charge on any atom is -0.324 e. The number of imidazole rings is 1. The molecule has 2 rings (SSSR count). The van der Waals surface area contributed by atoms with Crippen molar-refractivity contribution in [3.8, 4) is 0 Å². The number of hydrogen-bond acceptors (Lipinski definition) is 2. The molecule has 0 spiro atoms. The van der Waals surface area contributed by atoms with Gasteiger partial charge in [-0.05, 0) is 53.8 Å². The van der Waals surface area contributed by atoms with Crippen molar-refractivity contribution >= 4 is 50.3 Å². The highest BCUT2D eigenvalue weighted by atomic mass is 79.9. The Kier molecular flexibility index (Phi) is 5.97. The Morgan fingerprint density at radius 1 is 1.43 bits per heavy atom. The van der Waals surface area contributed by atoms with Crippen LogP contribution in [0.5, 0.6) is 0 Å². The van der Waals surface area contributed by atoms with Crippen LogP contribution in [0, 0.1) is 5.82 Å². The fourth-order valence-electron chi connectivity index (χ4n) is 2.38. The summed E-state index contributed by atoms with van der Waals surface area (Å²) in [4.78, 5) is 4.59. The monoisotopic (exact) mass is 392 g/mol. The summed E-state index contributed by atoms with van der Waals surface area (Å²) in [5.41, 5.74) is 1.59. The van der Waals surface area contributed by atoms with Gasteiger partial charge < -0.3 is 4.57 Å². The normalized spacial score (nSPS) is 14.6. The van der Waals surface area contributed by atoms with Crippen LogP contribution in [0.15, 0.2) is 16.6 Å². The predicted octanol–water partition coefficient (Wildman–Crippen LogP) is 5.94. The van der Waals surface area contributed by atoms with Crippen molar-refractivity contribution in [3.63, 3.8) is 0 Å². The number of fused-ring (bicyclic) bond motifs is 1. The fourth-order valence-corrected chi connectivity index (χ4v) is 3.66. The average molecular weight is 394 g/mol. The second kappa shape index (κ2) is 7.34. The smallest absolute Gasteiger partial charge is 0.139 e. The highest BCUT2D eigenvalue weighted by Gasteiger charge is 2.20. The van der Waals surface area contributed by atoms with E-state index in [4.69, 9.17) is 11.6 Å². The minimum atomic E-state index is -0.271. The van der Waals surface area contributed by atoms with Crippen molar-refractivity contribution in [1.82, 2.24) is 9.55 Å². The molecule has 21 heavy (non-hydrogen) atoms. The summed E-state index contributed by atoms with van der Waals surface area (Å²) in [6.45, 7) is 6.19. The van der Waals surface area contributed by atoms with Gasteiger partial charge in [0.05, 0.1) is 20.9 Å². The van der Waals surface area contributed by atoms with E-state index < -0.39 is 0 Å². The summed E-state index contributed by atoms with van der Waals surface area (Å²) in [5.74, 6) is 2.72. The van der Waals surface area contributed by atoms with Crippen molar-refractivity contribution in [2.75, 3.05) is 11.5 Å². The maximum atomic E-state index is 13.9. The van der Waals surface area contributed by atoms with Gasteiger partial charge in [-0.25, -0.2) is 9.37 Å². The Balaban J connectivity index is 2.47. The summed E-state index contributed by atoms with van der Waals surface area (Å²) in [6.07, 6.45) is 1.01. The Morgan fingerprint density at radius 3 is 2.76 bits per heavy atom. The maximum Gasteiger partial charge on any atom is 0.139 e. The molecule has 0 aliphatic carbocycles. The molecule has 2 nitrogen and oxygen atoms in total. The summed E-state index contributed by atoms with van der Waals surface area (Å²) in [5, 5.41) is -0.208. The lowest BCUT2D eigenvalue weighted by Crippen LogP contribution is -2.11.